The number of H-pyrrole nitrogens is 1. The van der Waals surface area contributed by atoms with Crippen molar-refractivity contribution >= 4 is 11.0 Å². The van der Waals surface area contributed by atoms with Gasteiger partial charge in [-0.05, 0) is 12.1 Å². The Kier molecular flexibility index (Phi) is 1.13. The zero-order valence-electron chi connectivity index (χ0n) is 5.70. The lowest BCUT2D eigenvalue weighted by Gasteiger charge is -1.82. The first-order valence-electron chi connectivity index (χ1n) is 3.24. The summed E-state index contributed by atoms with van der Waals surface area (Å²) in [6.07, 6.45) is 1.71. The molecule has 0 fully saturated rings. The van der Waals surface area contributed by atoms with Crippen LogP contribution in [0.25, 0.3) is 11.0 Å². The van der Waals surface area contributed by atoms with E-state index in [1.54, 1.807) is 12.3 Å². The Bertz CT molecular complexity index is 389. The molecule has 52 valence electrons. The molecule has 0 unspecified atom stereocenters. The maximum atomic E-state index is 8.53. The largest absolute Gasteiger partial charge is 0.345 e. The van der Waals surface area contributed by atoms with Gasteiger partial charge in [-0.1, -0.05) is 0 Å². The average molecular weight is 143 g/mol. The summed E-state index contributed by atoms with van der Waals surface area (Å²) >= 11 is 0. The third-order valence-electron chi connectivity index (χ3n) is 1.51. The van der Waals surface area contributed by atoms with Crippen molar-refractivity contribution in [1.29, 1.82) is 5.26 Å². The van der Waals surface area contributed by atoms with E-state index in [1.807, 2.05) is 18.2 Å². The molecule has 0 amide bonds. The molecule has 0 atom stereocenters. The molecule has 0 saturated carbocycles. The molecule has 0 saturated heterocycles. The maximum absolute atomic E-state index is 8.53. The number of hydrogen-bond acceptors (Lipinski definition) is 2. The molecule has 3 heteroatoms. The number of hydrogen-bond donors (Lipinski definition) is 1. The van der Waals surface area contributed by atoms with Crippen LogP contribution in [-0.2, 0) is 0 Å². The fourth-order valence-corrected chi connectivity index (χ4v) is 1.02. The van der Waals surface area contributed by atoms with Gasteiger partial charge in [-0.25, -0.2) is 0 Å². The summed E-state index contributed by atoms with van der Waals surface area (Å²) < 4.78 is 0. The molecular weight excluding hydrogens is 138 g/mol. The Morgan fingerprint density at radius 1 is 1.55 bits per heavy atom. The third-order valence-corrected chi connectivity index (χ3v) is 1.51. The number of nitriles is 1. The molecular formula is C8H5N3. The molecule has 2 aromatic heterocycles. The minimum Gasteiger partial charge on any atom is -0.345 e. The van der Waals surface area contributed by atoms with Crippen LogP contribution in [0.5, 0.6) is 0 Å². The zero-order chi connectivity index (χ0) is 7.68. The summed E-state index contributed by atoms with van der Waals surface area (Å²) in [5.74, 6) is 0. The predicted octanol–water partition coefficient (Wildman–Crippen LogP) is 1.43. The smallest absolute Gasteiger partial charge is 0.120 e. The lowest BCUT2D eigenvalue weighted by molar-refractivity contribution is 1.36. The molecule has 3 nitrogen and oxygen atoms in total. The molecule has 0 aliphatic heterocycles. The molecule has 0 aromatic carbocycles. The third kappa shape index (κ3) is 0.849. The zero-order valence-corrected chi connectivity index (χ0v) is 5.70. The van der Waals surface area contributed by atoms with Gasteiger partial charge in [-0.15, -0.1) is 0 Å². The molecule has 11 heavy (non-hydrogen) atoms. The van der Waals surface area contributed by atoms with Gasteiger partial charge in [-0.2, -0.15) is 5.26 Å². The number of pyridine rings is 1. The molecule has 0 spiro atoms. The van der Waals surface area contributed by atoms with Gasteiger partial charge in [0.2, 0.25) is 0 Å². The van der Waals surface area contributed by atoms with Gasteiger partial charge in [-0.3, -0.25) is 4.98 Å². The summed E-state index contributed by atoms with van der Waals surface area (Å²) in [5.41, 5.74) is 2.30. The lowest BCUT2D eigenvalue weighted by atomic mass is 10.4. The minimum atomic E-state index is 0.554. The van der Waals surface area contributed by atoms with E-state index in [0.29, 0.717) is 5.69 Å². The molecule has 2 rings (SSSR count). The van der Waals surface area contributed by atoms with Gasteiger partial charge >= 0.3 is 0 Å². The van der Waals surface area contributed by atoms with Gasteiger partial charge in [0.25, 0.3) is 0 Å². The van der Waals surface area contributed by atoms with Crippen molar-refractivity contribution < 1.29 is 0 Å². The Morgan fingerprint density at radius 3 is 3.18 bits per heavy atom. The number of aromatic nitrogens is 2. The first-order valence-corrected chi connectivity index (χ1v) is 3.24. The molecule has 0 radical (unpaired) electrons. The number of rotatable bonds is 0. The predicted molar refractivity (Wildman–Crippen MR) is 40.8 cm³/mol. The maximum Gasteiger partial charge on any atom is 0.120 e. The Morgan fingerprint density at radius 2 is 2.45 bits per heavy atom. The van der Waals surface area contributed by atoms with Crippen LogP contribution in [0.15, 0.2) is 24.4 Å². The number of fused-ring (bicyclic) bond motifs is 1. The van der Waals surface area contributed by atoms with Crippen LogP contribution < -0.4 is 0 Å². The van der Waals surface area contributed by atoms with Gasteiger partial charge in [0, 0.05) is 12.3 Å². The fraction of sp³-hybridized carbons (Fsp3) is 0. The summed E-state index contributed by atoms with van der Waals surface area (Å²) in [7, 11) is 0. The first-order chi connectivity index (χ1) is 5.40. The van der Waals surface area contributed by atoms with E-state index in [9.17, 15) is 0 Å². The summed E-state index contributed by atoms with van der Waals surface area (Å²) in [6, 6.07) is 7.48. The number of aromatic amines is 1. The molecule has 1 N–H and O–H groups in total. The fourth-order valence-electron chi connectivity index (χ4n) is 1.02. The van der Waals surface area contributed by atoms with Crippen LogP contribution in [-0.4, -0.2) is 9.97 Å². The number of nitrogens with one attached hydrogen (secondary N) is 1. The van der Waals surface area contributed by atoms with Crippen LogP contribution in [0, 0.1) is 11.3 Å². The molecule has 0 bridgehead atoms. The van der Waals surface area contributed by atoms with Crippen molar-refractivity contribution in [3.05, 3.63) is 30.1 Å². The van der Waals surface area contributed by atoms with Crippen LogP contribution in [0.2, 0.25) is 0 Å². The van der Waals surface area contributed by atoms with E-state index in [1.165, 1.54) is 0 Å². The molecule has 0 aliphatic carbocycles. The number of nitrogens with zero attached hydrogens (tertiary/aromatic N) is 2. The summed E-state index contributed by atoms with van der Waals surface area (Å²) in [4.78, 5) is 6.99. The van der Waals surface area contributed by atoms with Gasteiger partial charge in [0.15, 0.2) is 0 Å². The summed E-state index contributed by atoms with van der Waals surface area (Å²) in [6.45, 7) is 0. The highest BCUT2D eigenvalue weighted by atomic mass is 14.8. The average Bonchev–Trinajstić information content (AvgIpc) is 2.46. The second kappa shape index (κ2) is 2.10. The Balaban J connectivity index is 2.81. The molecule has 2 aromatic rings. The monoisotopic (exact) mass is 143 g/mol. The van der Waals surface area contributed by atoms with Gasteiger partial charge < -0.3 is 4.98 Å². The highest BCUT2D eigenvalue weighted by molar-refractivity contribution is 5.76. The van der Waals surface area contributed by atoms with Crippen molar-refractivity contribution in [3.8, 4) is 6.07 Å². The molecule has 0 aliphatic rings. The first kappa shape index (κ1) is 5.93. The summed E-state index contributed by atoms with van der Waals surface area (Å²) in [5, 5.41) is 8.53. The second-order valence-corrected chi connectivity index (χ2v) is 2.23. The van der Waals surface area contributed by atoms with E-state index in [2.05, 4.69) is 9.97 Å². The second-order valence-electron chi connectivity index (χ2n) is 2.23. The van der Waals surface area contributed by atoms with Crippen molar-refractivity contribution in [2.75, 3.05) is 0 Å². The SMILES string of the molecule is N#Cc1cc2ncccc2[nH]1. The van der Waals surface area contributed by atoms with Crippen LogP contribution in [0.3, 0.4) is 0 Å². The van der Waals surface area contributed by atoms with Crippen LogP contribution in [0.4, 0.5) is 0 Å². The van der Waals surface area contributed by atoms with Crippen molar-refractivity contribution in [1.82, 2.24) is 9.97 Å². The van der Waals surface area contributed by atoms with Crippen LogP contribution in [0.1, 0.15) is 5.69 Å². The normalized spacial score (nSPS) is 9.73. The van der Waals surface area contributed by atoms with Crippen molar-refractivity contribution in [2.24, 2.45) is 0 Å². The topological polar surface area (TPSA) is 52.5 Å². The van der Waals surface area contributed by atoms with Gasteiger partial charge in [0.05, 0.1) is 11.0 Å². The highest BCUT2D eigenvalue weighted by Crippen LogP contribution is 2.10. The van der Waals surface area contributed by atoms with E-state index in [4.69, 9.17) is 5.26 Å². The standard InChI is InChI=1S/C8H5N3/c9-5-6-4-8-7(11-6)2-1-3-10-8/h1-4,11H. The van der Waals surface area contributed by atoms with E-state index >= 15 is 0 Å². The van der Waals surface area contributed by atoms with Crippen molar-refractivity contribution in [3.63, 3.8) is 0 Å². The lowest BCUT2D eigenvalue weighted by Crippen LogP contribution is -1.70. The van der Waals surface area contributed by atoms with Crippen molar-refractivity contribution in [2.45, 2.75) is 0 Å². The van der Waals surface area contributed by atoms with E-state index in [-0.39, 0.29) is 0 Å². The highest BCUT2D eigenvalue weighted by Gasteiger charge is 1.97. The molecule has 2 heterocycles. The van der Waals surface area contributed by atoms with E-state index in [0.717, 1.165) is 11.0 Å². The quantitative estimate of drug-likeness (QED) is 0.606. The van der Waals surface area contributed by atoms with Crippen LogP contribution >= 0.6 is 0 Å². The minimum absolute atomic E-state index is 0.554. The Hall–Kier alpha value is -1.82. The van der Waals surface area contributed by atoms with E-state index < -0.39 is 0 Å². The Labute approximate surface area is 63.3 Å². The van der Waals surface area contributed by atoms with Gasteiger partial charge in [0.1, 0.15) is 11.8 Å².